The maximum atomic E-state index is 12.2. The predicted octanol–water partition coefficient (Wildman–Crippen LogP) is 2.47. The summed E-state index contributed by atoms with van der Waals surface area (Å²) < 4.78 is 0. The van der Waals surface area contributed by atoms with E-state index in [9.17, 15) is 9.59 Å². The third-order valence-corrected chi connectivity index (χ3v) is 4.45. The number of thiazole rings is 1. The number of hydrogen-bond donors (Lipinski definition) is 3. The van der Waals surface area contributed by atoms with Gasteiger partial charge in [-0.25, -0.2) is 9.78 Å². The van der Waals surface area contributed by atoms with Crippen LogP contribution in [0, 0.1) is 0 Å². The molecule has 0 unspecified atom stereocenters. The van der Waals surface area contributed by atoms with Crippen molar-refractivity contribution in [2.75, 3.05) is 17.6 Å². The summed E-state index contributed by atoms with van der Waals surface area (Å²) in [5.41, 5.74) is 7.94. The average Bonchev–Trinajstić information content (AvgIpc) is 3.16. The SMILES string of the molecule is Nc1nc(-c2ccc(NC(=O)[C@@H]3CCCN3C(=O)O)cc2)cs1. The molecule has 1 aromatic carbocycles. The molecule has 1 aliphatic rings. The lowest BCUT2D eigenvalue weighted by atomic mass is 10.1. The van der Waals surface area contributed by atoms with E-state index < -0.39 is 12.1 Å². The quantitative estimate of drug-likeness (QED) is 0.800. The van der Waals surface area contributed by atoms with E-state index in [0.717, 1.165) is 11.3 Å². The number of nitrogen functional groups attached to an aromatic ring is 1. The zero-order valence-corrected chi connectivity index (χ0v) is 13.0. The number of likely N-dealkylation sites (tertiary alicyclic amines) is 1. The first kappa shape index (κ1) is 15.3. The molecule has 8 heteroatoms. The van der Waals surface area contributed by atoms with Gasteiger partial charge in [-0.3, -0.25) is 9.69 Å². The van der Waals surface area contributed by atoms with Gasteiger partial charge in [-0.2, -0.15) is 0 Å². The minimum absolute atomic E-state index is 0.296. The third-order valence-electron chi connectivity index (χ3n) is 3.77. The summed E-state index contributed by atoms with van der Waals surface area (Å²) in [7, 11) is 0. The van der Waals surface area contributed by atoms with Gasteiger partial charge in [-0.1, -0.05) is 12.1 Å². The molecule has 3 rings (SSSR count). The number of nitrogens with two attached hydrogens (primary N) is 1. The van der Waals surface area contributed by atoms with Gasteiger partial charge < -0.3 is 16.2 Å². The van der Waals surface area contributed by atoms with E-state index in [1.54, 1.807) is 12.1 Å². The van der Waals surface area contributed by atoms with E-state index in [1.807, 2.05) is 17.5 Å². The first-order valence-corrected chi connectivity index (χ1v) is 8.04. The van der Waals surface area contributed by atoms with Gasteiger partial charge in [0.1, 0.15) is 6.04 Å². The molecule has 2 amide bonds. The number of anilines is 2. The maximum Gasteiger partial charge on any atom is 0.407 e. The molecule has 7 nitrogen and oxygen atoms in total. The molecule has 0 bridgehead atoms. The van der Waals surface area contributed by atoms with E-state index >= 15 is 0 Å². The van der Waals surface area contributed by atoms with Crippen molar-refractivity contribution in [2.24, 2.45) is 0 Å². The van der Waals surface area contributed by atoms with Gasteiger partial charge in [0.2, 0.25) is 5.91 Å². The molecule has 23 heavy (non-hydrogen) atoms. The summed E-state index contributed by atoms with van der Waals surface area (Å²) in [6, 6.07) is 6.60. The molecular formula is C15H16N4O3S. The molecule has 0 saturated carbocycles. The maximum absolute atomic E-state index is 12.2. The highest BCUT2D eigenvalue weighted by atomic mass is 32.1. The van der Waals surface area contributed by atoms with Crippen LogP contribution in [0.15, 0.2) is 29.6 Å². The van der Waals surface area contributed by atoms with Gasteiger partial charge in [0.25, 0.3) is 0 Å². The topological polar surface area (TPSA) is 109 Å². The van der Waals surface area contributed by atoms with Gasteiger partial charge in [-0.05, 0) is 25.0 Å². The number of carbonyl (C=O) groups is 2. The lowest BCUT2D eigenvalue weighted by Crippen LogP contribution is -2.42. The van der Waals surface area contributed by atoms with Crippen LogP contribution < -0.4 is 11.1 Å². The van der Waals surface area contributed by atoms with E-state index in [1.165, 1.54) is 16.2 Å². The highest BCUT2D eigenvalue weighted by molar-refractivity contribution is 7.13. The Morgan fingerprint density at radius 1 is 1.35 bits per heavy atom. The van der Waals surface area contributed by atoms with Crippen LogP contribution in [-0.2, 0) is 4.79 Å². The van der Waals surface area contributed by atoms with Crippen LogP contribution in [0.25, 0.3) is 11.3 Å². The molecule has 120 valence electrons. The number of aromatic nitrogens is 1. The van der Waals surface area contributed by atoms with Gasteiger partial charge >= 0.3 is 6.09 Å². The first-order valence-electron chi connectivity index (χ1n) is 7.16. The number of nitrogens with one attached hydrogen (secondary N) is 1. The van der Waals surface area contributed by atoms with Crippen molar-refractivity contribution in [1.82, 2.24) is 9.88 Å². The standard InChI is InChI=1S/C15H16N4O3S/c16-14-18-11(8-23-14)9-3-5-10(6-4-9)17-13(20)12-2-1-7-19(12)15(21)22/h3-6,8,12H,1-2,7H2,(H2,16,18)(H,17,20)(H,21,22)/t12-/m0/s1. The summed E-state index contributed by atoms with van der Waals surface area (Å²) in [6.45, 7) is 0.400. The Balaban J connectivity index is 1.68. The van der Waals surface area contributed by atoms with Crippen molar-refractivity contribution < 1.29 is 14.7 Å². The smallest absolute Gasteiger partial charge is 0.407 e. The van der Waals surface area contributed by atoms with Crippen LogP contribution >= 0.6 is 11.3 Å². The highest BCUT2D eigenvalue weighted by Gasteiger charge is 2.33. The summed E-state index contributed by atoms with van der Waals surface area (Å²) >= 11 is 1.37. The number of carbonyl (C=O) groups excluding carboxylic acids is 1. The van der Waals surface area contributed by atoms with Crippen molar-refractivity contribution in [2.45, 2.75) is 18.9 Å². The Labute approximate surface area is 136 Å². The van der Waals surface area contributed by atoms with E-state index in [4.69, 9.17) is 10.8 Å². The summed E-state index contributed by atoms with van der Waals surface area (Å²) in [5, 5.41) is 14.2. The molecule has 4 N–H and O–H groups in total. The van der Waals surface area contributed by atoms with Crippen molar-refractivity contribution in [3.8, 4) is 11.3 Å². The second kappa shape index (κ2) is 6.25. The van der Waals surface area contributed by atoms with E-state index in [-0.39, 0.29) is 5.91 Å². The van der Waals surface area contributed by atoms with Crippen LogP contribution in [0.3, 0.4) is 0 Å². The number of hydrogen-bond acceptors (Lipinski definition) is 5. The van der Waals surface area contributed by atoms with Crippen LogP contribution in [0.4, 0.5) is 15.6 Å². The zero-order chi connectivity index (χ0) is 16.4. The van der Waals surface area contributed by atoms with Crippen molar-refractivity contribution in [3.05, 3.63) is 29.6 Å². The van der Waals surface area contributed by atoms with E-state index in [2.05, 4.69) is 10.3 Å². The summed E-state index contributed by atoms with van der Waals surface area (Å²) in [6.07, 6.45) is 0.196. The number of carboxylic acid groups (broad SMARTS) is 1. The van der Waals surface area contributed by atoms with Gasteiger partial charge in [0.05, 0.1) is 5.69 Å². The molecule has 1 atom stereocenters. The van der Waals surface area contributed by atoms with Crippen molar-refractivity contribution in [1.29, 1.82) is 0 Å². The molecule has 1 aromatic heterocycles. The Morgan fingerprint density at radius 2 is 2.09 bits per heavy atom. The molecule has 2 heterocycles. The molecular weight excluding hydrogens is 316 g/mol. The van der Waals surface area contributed by atoms with Crippen LogP contribution in [-0.4, -0.2) is 39.6 Å². The number of benzene rings is 1. The number of rotatable bonds is 3. The number of amides is 2. The largest absolute Gasteiger partial charge is 0.465 e. The Morgan fingerprint density at radius 3 is 2.70 bits per heavy atom. The molecule has 0 aliphatic carbocycles. The fourth-order valence-corrected chi connectivity index (χ4v) is 3.21. The molecule has 2 aromatic rings. The fourth-order valence-electron chi connectivity index (χ4n) is 2.64. The normalized spacial score (nSPS) is 17.2. The third kappa shape index (κ3) is 3.26. The molecule has 0 spiro atoms. The zero-order valence-electron chi connectivity index (χ0n) is 12.2. The minimum Gasteiger partial charge on any atom is -0.465 e. The molecule has 1 saturated heterocycles. The van der Waals surface area contributed by atoms with Crippen LogP contribution in [0.2, 0.25) is 0 Å². The Kier molecular flexibility index (Phi) is 4.16. The Bertz CT molecular complexity index is 729. The van der Waals surface area contributed by atoms with Gasteiger partial charge in [0, 0.05) is 23.2 Å². The average molecular weight is 332 g/mol. The monoisotopic (exact) mass is 332 g/mol. The predicted molar refractivity (Wildman–Crippen MR) is 88.3 cm³/mol. The summed E-state index contributed by atoms with van der Waals surface area (Å²) in [5.74, 6) is -0.296. The fraction of sp³-hybridized carbons (Fsp3) is 0.267. The van der Waals surface area contributed by atoms with Gasteiger partial charge in [-0.15, -0.1) is 11.3 Å². The first-order chi connectivity index (χ1) is 11.0. The highest BCUT2D eigenvalue weighted by Crippen LogP contribution is 2.25. The van der Waals surface area contributed by atoms with Crippen LogP contribution in [0.5, 0.6) is 0 Å². The molecule has 1 fully saturated rings. The number of nitrogens with zero attached hydrogens (tertiary/aromatic N) is 2. The second-order valence-corrected chi connectivity index (χ2v) is 6.16. The molecule has 1 aliphatic heterocycles. The Hall–Kier alpha value is -2.61. The van der Waals surface area contributed by atoms with Gasteiger partial charge in [0.15, 0.2) is 5.13 Å². The molecule has 0 radical (unpaired) electrons. The van der Waals surface area contributed by atoms with Crippen molar-refractivity contribution >= 4 is 34.2 Å². The lowest BCUT2D eigenvalue weighted by molar-refractivity contribution is -0.119. The lowest BCUT2D eigenvalue weighted by Gasteiger charge is -2.20. The van der Waals surface area contributed by atoms with Crippen molar-refractivity contribution in [3.63, 3.8) is 0 Å². The summed E-state index contributed by atoms with van der Waals surface area (Å²) in [4.78, 5) is 28.7. The minimum atomic E-state index is -1.06. The van der Waals surface area contributed by atoms with E-state index in [0.29, 0.717) is 30.2 Å². The second-order valence-electron chi connectivity index (χ2n) is 5.27. The van der Waals surface area contributed by atoms with Crippen LogP contribution in [0.1, 0.15) is 12.8 Å².